The molecule has 0 spiro atoms. The predicted octanol–water partition coefficient (Wildman–Crippen LogP) is 1.57. The number of hydrogen-bond donors (Lipinski definition) is 1. The molecule has 0 saturated carbocycles. The fraction of sp³-hybridized carbons (Fsp3) is 0.409. The fourth-order valence-electron chi connectivity index (χ4n) is 4.01. The Bertz CT molecular complexity index is 1010. The van der Waals surface area contributed by atoms with Gasteiger partial charge in [0.25, 0.3) is 0 Å². The Balaban J connectivity index is 1.68. The number of fused-ring (bicyclic) bond motifs is 1. The molecule has 1 aromatic heterocycles. The average Bonchev–Trinajstić information content (AvgIpc) is 3.07. The highest BCUT2D eigenvalue weighted by Gasteiger charge is 2.32. The van der Waals surface area contributed by atoms with Gasteiger partial charge in [-0.1, -0.05) is 0 Å². The molecule has 1 aromatic rings. The lowest BCUT2D eigenvalue weighted by molar-refractivity contribution is -0.131. The summed E-state index contributed by atoms with van der Waals surface area (Å²) in [5, 5.41) is 7.70. The molecule has 156 valence electrons. The van der Waals surface area contributed by atoms with E-state index in [2.05, 4.69) is 27.9 Å². The first-order chi connectivity index (χ1) is 14.5. The van der Waals surface area contributed by atoms with Crippen molar-refractivity contribution in [3.05, 3.63) is 53.6 Å². The van der Waals surface area contributed by atoms with E-state index in [0.717, 1.165) is 41.3 Å². The minimum Gasteiger partial charge on any atom is -0.347 e. The molecule has 0 bridgehead atoms. The number of aromatic nitrogens is 2. The molecule has 4 rings (SSSR count). The van der Waals surface area contributed by atoms with Gasteiger partial charge in [0.05, 0.1) is 24.5 Å². The summed E-state index contributed by atoms with van der Waals surface area (Å²) < 4.78 is 1.78. The summed E-state index contributed by atoms with van der Waals surface area (Å²) in [6.07, 6.45) is 11.4. The van der Waals surface area contributed by atoms with Gasteiger partial charge in [-0.2, -0.15) is 5.10 Å². The quantitative estimate of drug-likeness (QED) is 0.609. The number of piperidine rings is 1. The SMILES string of the molecule is C=NC1=CC(C2CCC(C(=O)N(C)C)NC2)=NC2=C(c3cnn(C)c3)C=C=CCN12. The maximum absolute atomic E-state index is 12.3. The number of hydrogen-bond acceptors (Lipinski definition) is 6. The number of nitrogens with one attached hydrogen (secondary N) is 1. The molecule has 8 heteroatoms. The van der Waals surface area contributed by atoms with Crippen molar-refractivity contribution in [1.29, 1.82) is 0 Å². The lowest BCUT2D eigenvalue weighted by Gasteiger charge is -2.34. The Kier molecular flexibility index (Phi) is 5.53. The summed E-state index contributed by atoms with van der Waals surface area (Å²) in [6.45, 7) is 5.10. The van der Waals surface area contributed by atoms with Crippen LogP contribution in [0.25, 0.3) is 5.57 Å². The second-order valence-corrected chi connectivity index (χ2v) is 7.93. The molecule has 4 heterocycles. The van der Waals surface area contributed by atoms with Gasteiger partial charge in [-0.05, 0) is 31.7 Å². The van der Waals surface area contributed by atoms with E-state index in [1.165, 1.54) is 0 Å². The Hall–Kier alpha value is -3.22. The van der Waals surface area contributed by atoms with Crippen molar-refractivity contribution in [2.45, 2.75) is 18.9 Å². The highest BCUT2D eigenvalue weighted by Crippen LogP contribution is 2.32. The zero-order chi connectivity index (χ0) is 21.3. The summed E-state index contributed by atoms with van der Waals surface area (Å²) >= 11 is 0. The predicted molar refractivity (Wildman–Crippen MR) is 118 cm³/mol. The Morgan fingerprint density at radius 1 is 1.40 bits per heavy atom. The summed E-state index contributed by atoms with van der Waals surface area (Å²) in [6, 6.07) is -0.131. The van der Waals surface area contributed by atoms with Gasteiger partial charge in [0.2, 0.25) is 5.91 Å². The minimum atomic E-state index is -0.131. The van der Waals surface area contributed by atoms with Crippen molar-refractivity contribution in [2.75, 3.05) is 27.2 Å². The van der Waals surface area contributed by atoms with Crippen molar-refractivity contribution >= 4 is 23.9 Å². The minimum absolute atomic E-state index is 0.121. The highest BCUT2D eigenvalue weighted by molar-refractivity contribution is 6.00. The van der Waals surface area contributed by atoms with E-state index in [4.69, 9.17) is 4.99 Å². The highest BCUT2D eigenvalue weighted by atomic mass is 16.2. The van der Waals surface area contributed by atoms with Crippen LogP contribution in [0.15, 0.2) is 58.0 Å². The van der Waals surface area contributed by atoms with Crippen LogP contribution in [0, 0.1) is 5.92 Å². The van der Waals surface area contributed by atoms with E-state index in [1.54, 1.807) is 23.7 Å². The first kappa shape index (κ1) is 20.1. The number of carbonyl (C=O) groups excluding carboxylic acids is 1. The molecular formula is C22H27N7O. The Morgan fingerprint density at radius 2 is 2.23 bits per heavy atom. The molecule has 30 heavy (non-hydrogen) atoms. The van der Waals surface area contributed by atoms with Gasteiger partial charge in [-0.25, -0.2) is 9.98 Å². The van der Waals surface area contributed by atoms with E-state index in [1.807, 2.05) is 42.6 Å². The van der Waals surface area contributed by atoms with Gasteiger partial charge in [0.15, 0.2) is 0 Å². The van der Waals surface area contributed by atoms with Crippen LogP contribution in [0.1, 0.15) is 18.4 Å². The molecule has 3 aliphatic heterocycles. The van der Waals surface area contributed by atoms with Crippen molar-refractivity contribution in [3.63, 3.8) is 0 Å². The molecule has 1 amide bonds. The smallest absolute Gasteiger partial charge is 0.239 e. The first-order valence-electron chi connectivity index (χ1n) is 10.1. The van der Waals surface area contributed by atoms with Gasteiger partial charge in [0.1, 0.15) is 11.6 Å². The molecular weight excluding hydrogens is 378 g/mol. The molecule has 2 atom stereocenters. The number of aliphatic imine (C=N–C) groups is 2. The van der Waals surface area contributed by atoms with Crippen molar-refractivity contribution in [1.82, 2.24) is 24.9 Å². The second kappa shape index (κ2) is 8.26. The third-order valence-electron chi connectivity index (χ3n) is 5.65. The van der Waals surface area contributed by atoms with Gasteiger partial charge in [-0.3, -0.25) is 9.48 Å². The first-order valence-corrected chi connectivity index (χ1v) is 10.1. The van der Waals surface area contributed by atoms with Gasteiger partial charge in [0, 0.05) is 57.0 Å². The number of aryl methyl sites for hydroxylation is 1. The number of amides is 1. The van der Waals surface area contributed by atoms with Gasteiger partial charge >= 0.3 is 0 Å². The topological polar surface area (TPSA) is 78.1 Å². The lowest BCUT2D eigenvalue weighted by Crippen LogP contribution is -2.49. The number of allylic oxidation sites excluding steroid dienone is 2. The molecule has 8 nitrogen and oxygen atoms in total. The van der Waals surface area contributed by atoms with Crippen LogP contribution in [0.3, 0.4) is 0 Å². The van der Waals surface area contributed by atoms with Gasteiger partial charge < -0.3 is 15.1 Å². The normalized spacial score (nSPS) is 23.5. The third kappa shape index (κ3) is 3.79. The van der Waals surface area contributed by atoms with Crippen LogP contribution in [0.5, 0.6) is 0 Å². The van der Waals surface area contributed by atoms with E-state index in [0.29, 0.717) is 13.1 Å². The maximum atomic E-state index is 12.3. The Morgan fingerprint density at radius 3 is 2.87 bits per heavy atom. The lowest BCUT2D eigenvalue weighted by atomic mass is 9.89. The molecule has 0 aliphatic carbocycles. The number of carbonyl (C=O) groups is 1. The number of rotatable bonds is 4. The van der Waals surface area contributed by atoms with Crippen LogP contribution in [0.4, 0.5) is 0 Å². The van der Waals surface area contributed by atoms with E-state index < -0.39 is 0 Å². The number of likely N-dealkylation sites (N-methyl/N-ethyl adjacent to an activating group) is 1. The Labute approximate surface area is 176 Å². The summed E-state index contributed by atoms with van der Waals surface area (Å²) in [4.78, 5) is 25.3. The molecule has 1 fully saturated rings. The van der Waals surface area contributed by atoms with Crippen LogP contribution in [-0.4, -0.2) is 71.1 Å². The van der Waals surface area contributed by atoms with E-state index in [9.17, 15) is 4.79 Å². The van der Waals surface area contributed by atoms with Crippen LogP contribution < -0.4 is 5.32 Å². The van der Waals surface area contributed by atoms with E-state index in [-0.39, 0.29) is 17.9 Å². The largest absolute Gasteiger partial charge is 0.347 e. The average molecular weight is 406 g/mol. The van der Waals surface area contributed by atoms with Gasteiger partial charge in [-0.15, -0.1) is 5.73 Å². The zero-order valence-corrected chi connectivity index (χ0v) is 17.7. The second-order valence-electron chi connectivity index (χ2n) is 7.93. The maximum Gasteiger partial charge on any atom is 0.239 e. The molecule has 1 saturated heterocycles. The molecule has 2 unspecified atom stereocenters. The van der Waals surface area contributed by atoms with Crippen LogP contribution >= 0.6 is 0 Å². The molecule has 0 aromatic carbocycles. The standard InChI is InChI=1S/C22H27N7O/c1-23-20-11-19(15-8-9-18(24-12-15)22(30)27(2)3)26-21-17(7-5-6-10-29(20)21)16-13-25-28(4)14-16/h6-7,11,13-15,18,24H,1,8-10,12H2,2-4H3. The van der Waals surface area contributed by atoms with Crippen molar-refractivity contribution < 1.29 is 4.79 Å². The van der Waals surface area contributed by atoms with Crippen molar-refractivity contribution in [2.24, 2.45) is 23.0 Å². The summed E-state index contributed by atoms with van der Waals surface area (Å²) in [7, 11) is 5.48. The number of nitrogens with zero attached hydrogens (tertiary/aromatic N) is 6. The summed E-state index contributed by atoms with van der Waals surface area (Å²) in [5.41, 5.74) is 6.12. The van der Waals surface area contributed by atoms with Crippen molar-refractivity contribution in [3.8, 4) is 0 Å². The van der Waals surface area contributed by atoms with E-state index >= 15 is 0 Å². The molecule has 1 N–H and O–H groups in total. The third-order valence-corrected chi connectivity index (χ3v) is 5.65. The monoisotopic (exact) mass is 405 g/mol. The van der Waals surface area contributed by atoms with Crippen LogP contribution in [0.2, 0.25) is 0 Å². The molecule has 0 radical (unpaired) electrons. The van der Waals surface area contributed by atoms with Crippen LogP contribution in [-0.2, 0) is 11.8 Å². The summed E-state index contributed by atoms with van der Waals surface area (Å²) in [5.74, 6) is 1.93. The molecule has 3 aliphatic rings. The zero-order valence-electron chi connectivity index (χ0n) is 17.7. The fourth-order valence-corrected chi connectivity index (χ4v) is 4.01.